The molecular formula is C15H22BrNO2. The van der Waals surface area contributed by atoms with Crippen LogP contribution in [0.3, 0.4) is 0 Å². The minimum Gasteiger partial charge on any atom is -0.507 e. The van der Waals surface area contributed by atoms with Crippen molar-refractivity contribution < 1.29 is 9.90 Å². The van der Waals surface area contributed by atoms with Gasteiger partial charge in [0.1, 0.15) is 5.75 Å². The number of aromatic hydroxyl groups is 1. The van der Waals surface area contributed by atoms with Crippen molar-refractivity contribution in [3.63, 3.8) is 0 Å². The third kappa shape index (κ3) is 5.23. The van der Waals surface area contributed by atoms with Crippen LogP contribution in [0.2, 0.25) is 0 Å². The van der Waals surface area contributed by atoms with Gasteiger partial charge in [0.15, 0.2) is 0 Å². The highest BCUT2D eigenvalue weighted by Gasteiger charge is 2.19. The summed E-state index contributed by atoms with van der Waals surface area (Å²) in [7, 11) is 0. The van der Waals surface area contributed by atoms with Crippen molar-refractivity contribution in [2.45, 2.75) is 33.6 Å². The third-order valence-corrected chi connectivity index (χ3v) is 3.67. The van der Waals surface area contributed by atoms with E-state index in [-0.39, 0.29) is 17.1 Å². The number of hydrogen-bond donors (Lipinski definition) is 2. The number of phenolic OH excluding ortho intramolecular Hbond substituents is 1. The molecule has 0 spiro atoms. The average Bonchev–Trinajstić information content (AvgIpc) is 2.36. The second kappa shape index (κ2) is 6.94. The molecule has 0 radical (unpaired) electrons. The summed E-state index contributed by atoms with van der Waals surface area (Å²) in [6.07, 6.45) is 2.12. The van der Waals surface area contributed by atoms with Crippen LogP contribution in [0.15, 0.2) is 18.2 Å². The third-order valence-electron chi connectivity index (χ3n) is 3.11. The van der Waals surface area contributed by atoms with Crippen molar-refractivity contribution in [2.24, 2.45) is 5.41 Å². The zero-order valence-corrected chi connectivity index (χ0v) is 13.4. The van der Waals surface area contributed by atoms with E-state index in [4.69, 9.17) is 0 Å². The van der Waals surface area contributed by atoms with Crippen LogP contribution in [0.25, 0.3) is 0 Å². The lowest BCUT2D eigenvalue weighted by atomic mass is 9.88. The van der Waals surface area contributed by atoms with Crippen LogP contribution in [0.4, 0.5) is 0 Å². The van der Waals surface area contributed by atoms with E-state index in [2.05, 4.69) is 35.1 Å². The summed E-state index contributed by atoms with van der Waals surface area (Å²) < 4.78 is 0. The first-order chi connectivity index (χ1) is 8.85. The molecule has 0 aliphatic heterocycles. The zero-order chi connectivity index (χ0) is 14.5. The van der Waals surface area contributed by atoms with Gasteiger partial charge in [-0.25, -0.2) is 0 Å². The van der Waals surface area contributed by atoms with Gasteiger partial charge < -0.3 is 10.4 Å². The van der Waals surface area contributed by atoms with E-state index in [0.29, 0.717) is 12.1 Å². The lowest BCUT2D eigenvalue weighted by molar-refractivity contribution is 0.0932. The number of carbonyl (C=O) groups is 1. The summed E-state index contributed by atoms with van der Waals surface area (Å²) in [5, 5.41) is 13.6. The Balaban J connectivity index is 2.62. The molecule has 0 unspecified atom stereocenters. The number of alkyl halides is 1. The van der Waals surface area contributed by atoms with Gasteiger partial charge in [-0.2, -0.15) is 0 Å². The molecule has 4 heteroatoms. The Morgan fingerprint density at radius 2 is 2.11 bits per heavy atom. The first-order valence-electron chi connectivity index (χ1n) is 6.49. The van der Waals surface area contributed by atoms with E-state index in [9.17, 15) is 9.90 Å². The van der Waals surface area contributed by atoms with E-state index in [1.807, 2.05) is 6.92 Å². The second-order valence-electron chi connectivity index (χ2n) is 5.66. The fraction of sp³-hybridized carbons (Fsp3) is 0.533. The number of carbonyl (C=O) groups excluding carboxylic acids is 1. The maximum Gasteiger partial charge on any atom is 0.255 e. The lowest BCUT2D eigenvalue weighted by Gasteiger charge is -2.24. The Kier molecular flexibility index (Phi) is 5.85. The van der Waals surface area contributed by atoms with Gasteiger partial charge in [-0.15, -0.1) is 0 Å². The number of benzene rings is 1. The van der Waals surface area contributed by atoms with Gasteiger partial charge >= 0.3 is 0 Å². The van der Waals surface area contributed by atoms with Crippen LogP contribution in [-0.2, 0) is 0 Å². The van der Waals surface area contributed by atoms with Crippen molar-refractivity contribution >= 4 is 21.8 Å². The molecule has 2 N–H and O–H groups in total. The summed E-state index contributed by atoms with van der Waals surface area (Å²) in [5.74, 6) is -0.186. The van der Waals surface area contributed by atoms with Gasteiger partial charge in [0.2, 0.25) is 0 Å². The predicted molar refractivity (Wildman–Crippen MR) is 82.0 cm³/mol. The smallest absolute Gasteiger partial charge is 0.255 e. The average molecular weight is 328 g/mol. The van der Waals surface area contributed by atoms with Crippen LogP contribution in [0.5, 0.6) is 5.75 Å². The maximum absolute atomic E-state index is 12.1. The Morgan fingerprint density at radius 1 is 1.42 bits per heavy atom. The zero-order valence-electron chi connectivity index (χ0n) is 11.8. The summed E-state index contributed by atoms with van der Waals surface area (Å²) in [4.78, 5) is 12.1. The topological polar surface area (TPSA) is 49.3 Å². The second-order valence-corrected chi connectivity index (χ2v) is 6.45. The molecule has 1 amide bonds. The lowest BCUT2D eigenvalue weighted by Crippen LogP contribution is -2.34. The van der Waals surface area contributed by atoms with E-state index < -0.39 is 0 Å². The fourth-order valence-electron chi connectivity index (χ4n) is 1.88. The quantitative estimate of drug-likeness (QED) is 0.784. The maximum atomic E-state index is 12.1. The largest absolute Gasteiger partial charge is 0.507 e. The Labute approximate surface area is 123 Å². The first-order valence-corrected chi connectivity index (χ1v) is 7.62. The van der Waals surface area contributed by atoms with Gasteiger partial charge in [-0.1, -0.05) is 41.4 Å². The molecule has 0 atom stereocenters. The van der Waals surface area contributed by atoms with Crippen molar-refractivity contribution in [3.05, 3.63) is 29.3 Å². The first kappa shape index (κ1) is 16.0. The Hall–Kier alpha value is -1.03. The van der Waals surface area contributed by atoms with Gasteiger partial charge in [-0.3, -0.25) is 4.79 Å². The molecule has 0 aliphatic rings. The van der Waals surface area contributed by atoms with Crippen molar-refractivity contribution in [1.29, 1.82) is 0 Å². The highest BCUT2D eigenvalue weighted by atomic mass is 79.9. The molecule has 1 aromatic carbocycles. The monoisotopic (exact) mass is 327 g/mol. The molecule has 0 aliphatic carbocycles. The molecule has 0 saturated heterocycles. The van der Waals surface area contributed by atoms with Gasteiger partial charge in [-0.05, 0) is 37.3 Å². The molecule has 106 valence electrons. The Morgan fingerprint density at radius 3 is 2.74 bits per heavy atom. The number of hydrogen-bond acceptors (Lipinski definition) is 2. The highest BCUT2D eigenvalue weighted by Crippen LogP contribution is 2.23. The number of amides is 1. The van der Waals surface area contributed by atoms with Crippen molar-refractivity contribution in [2.75, 3.05) is 11.9 Å². The summed E-state index contributed by atoms with van der Waals surface area (Å²) >= 11 is 3.42. The van der Waals surface area contributed by atoms with Crippen molar-refractivity contribution in [3.8, 4) is 5.75 Å². The van der Waals surface area contributed by atoms with Crippen LogP contribution >= 0.6 is 15.9 Å². The van der Waals surface area contributed by atoms with E-state index in [1.165, 1.54) is 0 Å². The highest BCUT2D eigenvalue weighted by molar-refractivity contribution is 9.09. The minimum atomic E-state index is -0.215. The fourth-order valence-corrected chi connectivity index (χ4v) is 2.16. The SMILES string of the molecule is Cc1ccc(O)c(C(=O)NCC(C)(C)CCCBr)c1. The Bertz CT molecular complexity index is 444. The summed E-state index contributed by atoms with van der Waals surface area (Å²) in [6.45, 7) is 6.76. The van der Waals surface area contributed by atoms with E-state index >= 15 is 0 Å². The molecule has 0 heterocycles. The molecular weight excluding hydrogens is 306 g/mol. The van der Waals surface area contributed by atoms with E-state index in [1.54, 1.807) is 18.2 Å². The molecule has 3 nitrogen and oxygen atoms in total. The number of rotatable bonds is 6. The van der Waals surface area contributed by atoms with Crippen LogP contribution in [0, 0.1) is 12.3 Å². The van der Waals surface area contributed by atoms with Crippen LogP contribution in [0.1, 0.15) is 42.6 Å². The number of halogens is 1. The number of nitrogens with one attached hydrogen (secondary N) is 1. The minimum absolute atomic E-state index is 0.0290. The van der Waals surface area contributed by atoms with Gasteiger partial charge in [0, 0.05) is 11.9 Å². The van der Waals surface area contributed by atoms with Crippen LogP contribution in [-0.4, -0.2) is 22.9 Å². The van der Waals surface area contributed by atoms with E-state index in [0.717, 1.165) is 23.7 Å². The molecule has 0 saturated carbocycles. The molecule has 0 fully saturated rings. The molecule has 19 heavy (non-hydrogen) atoms. The van der Waals surface area contributed by atoms with Crippen LogP contribution < -0.4 is 5.32 Å². The molecule has 1 rings (SSSR count). The van der Waals surface area contributed by atoms with Gasteiger partial charge in [0.05, 0.1) is 5.56 Å². The molecule has 0 bridgehead atoms. The van der Waals surface area contributed by atoms with Gasteiger partial charge in [0.25, 0.3) is 5.91 Å². The van der Waals surface area contributed by atoms with Crippen molar-refractivity contribution in [1.82, 2.24) is 5.32 Å². The molecule has 1 aromatic rings. The number of aryl methyl sites for hydroxylation is 1. The molecule has 0 aromatic heterocycles. The normalized spacial score (nSPS) is 11.4. The summed E-state index contributed by atoms with van der Waals surface area (Å²) in [5.41, 5.74) is 1.36. The summed E-state index contributed by atoms with van der Waals surface area (Å²) in [6, 6.07) is 5.04. The predicted octanol–water partition coefficient (Wildman–Crippen LogP) is 3.63. The standard InChI is InChI=1S/C15H22BrNO2/c1-11-5-6-13(18)12(9-11)14(19)17-10-15(2,3)7-4-8-16/h5-6,9,18H,4,7-8,10H2,1-3H3,(H,17,19). The number of phenols is 1.